The van der Waals surface area contributed by atoms with Crippen molar-refractivity contribution in [3.8, 4) is 5.75 Å². The van der Waals surface area contributed by atoms with E-state index in [0.29, 0.717) is 17.7 Å². The molecular formula is C25H25F3O. The van der Waals surface area contributed by atoms with Gasteiger partial charge >= 0.3 is 0 Å². The van der Waals surface area contributed by atoms with Crippen LogP contribution in [0.25, 0.3) is 22.4 Å². The first-order chi connectivity index (χ1) is 14.0. The highest BCUT2D eigenvalue weighted by molar-refractivity contribution is 5.91. The van der Waals surface area contributed by atoms with Gasteiger partial charge in [-0.3, -0.25) is 0 Å². The van der Waals surface area contributed by atoms with E-state index in [1.54, 1.807) is 42.5 Å². The summed E-state index contributed by atoms with van der Waals surface area (Å²) >= 11 is 0. The fourth-order valence-electron chi connectivity index (χ4n) is 3.34. The molecule has 3 aromatic rings. The van der Waals surface area contributed by atoms with E-state index in [2.05, 4.69) is 6.92 Å². The molecule has 0 fully saturated rings. The Morgan fingerprint density at radius 1 is 0.862 bits per heavy atom. The van der Waals surface area contributed by atoms with Gasteiger partial charge in [-0.25, -0.2) is 13.2 Å². The number of hydrogen-bond donors (Lipinski definition) is 0. The SMILES string of the molecule is CCCCCc1ccc(C(F)=C(F)c2ccc3cc(OCC)ccc3c2F)cc1. The second-order valence-electron chi connectivity index (χ2n) is 7.03. The Kier molecular flexibility index (Phi) is 6.97. The highest BCUT2D eigenvalue weighted by Crippen LogP contribution is 2.34. The summed E-state index contributed by atoms with van der Waals surface area (Å²) in [5.41, 5.74) is 0.802. The fourth-order valence-corrected chi connectivity index (χ4v) is 3.34. The molecule has 29 heavy (non-hydrogen) atoms. The molecule has 152 valence electrons. The zero-order valence-electron chi connectivity index (χ0n) is 16.8. The molecule has 0 radical (unpaired) electrons. The van der Waals surface area contributed by atoms with E-state index in [-0.39, 0.29) is 16.5 Å². The molecule has 4 heteroatoms. The quantitative estimate of drug-likeness (QED) is 0.277. The molecular weight excluding hydrogens is 373 g/mol. The van der Waals surface area contributed by atoms with Crippen LogP contribution in [0.3, 0.4) is 0 Å². The molecule has 0 amide bonds. The van der Waals surface area contributed by atoms with E-state index >= 15 is 0 Å². The first-order valence-electron chi connectivity index (χ1n) is 10.0. The summed E-state index contributed by atoms with van der Waals surface area (Å²) in [5, 5.41) is 0.794. The lowest BCUT2D eigenvalue weighted by Crippen LogP contribution is -1.94. The summed E-state index contributed by atoms with van der Waals surface area (Å²) < 4.78 is 49.8. The molecule has 0 N–H and O–H groups in total. The smallest absolute Gasteiger partial charge is 0.169 e. The molecule has 0 aliphatic rings. The Labute approximate surface area is 169 Å². The highest BCUT2D eigenvalue weighted by atomic mass is 19.2. The van der Waals surface area contributed by atoms with Gasteiger partial charge in [0.15, 0.2) is 11.7 Å². The first-order valence-corrected chi connectivity index (χ1v) is 10.0. The second-order valence-corrected chi connectivity index (χ2v) is 7.03. The Balaban J connectivity index is 1.90. The van der Waals surface area contributed by atoms with E-state index in [9.17, 15) is 13.2 Å². The minimum atomic E-state index is -1.20. The predicted octanol–water partition coefficient (Wildman–Crippen LogP) is 7.88. The number of hydrogen-bond acceptors (Lipinski definition) is 1. The normalized spacial score (nSPS) is 12.2. The van der Waals surface area contributed by atoms with E-state index in [1.807, 2.05) is 6.92 Å². The van der Waals surface area contributed by atoms with E-state index in [4.69, 9.17) is 4.74 Å². The molecule has 0 aromatic heterocycles. The lowest BCUT2D eigenvalue weighted by Gasteiger charge is -2.09. The molecule has 0 saturated carbocycles. The minimum Gasteiger partial charge on any atom is -0.494 e. The molecule has 0 bridgehead atoms. The van der Waals surface area contributed by atoms with Crippen LogP contribution in [-0.4, -0.2) is 6.61 Å². The maximum atomic E-state index is 14.9. The van der Waals surface area contributed by atoms with Gasteiger partial charge in [-0.05, 0) is 55.0 Å². The Bertz CT molecular complexity index is 1010. The summed E-state index contributed by atoms with van der Waals surface area (Å²) in [5.74, 6) is -2.44. The summed E-state index contributed by atoms with van der Waals surface area (Å²) in [7, 11) is 0. The van der Waals surface area contributed by atoms with Crippen molar-refractivity contribution in [2.75, 3.05) is 6.61 Å². The van der Waals surface area contributed by atoms with Crippen molar-refractivity contribution in [2.24, 2.45) is 0 Å². The van der Waals surface area contributed by atoms with Gasteiger partial charge in [0.1, 0.15) is 11.6 Å². The summed E-state index contributed by atoms with van der Waals surface area (Å²) in [6, 6.07) is 14.3. The number of ether oxygens (including phenoxy) is 1. The van der Waals surface area contributed by atoms with Gasteiger partial charge in [-0.15, -0.1) is 0 Å². The predicted molar refractivity (Wildman–Crippen MR) is 114 cm³/mol. The molecule has 0 atom stereocenters. The maximum Gasteiger partial charge on any atom is 0.169 e. The Morgan fingerprint density at radius 3 is 2.31 bits per heavy atom. The Morgan fingerprint density at radius 2 is 1.62 bits per heavy atom. The van der Waals surface area contributed by atoms with Gasteiger partial charge in [-0.1, -0.05) is 50.1 Å². The van der Waals surface area contributed by atoms with Gasteiger partial charge in [0.25, 0.3) is 0 Å². The number of fused-ring (bicyclic) bond motifs is 1. The third-order valence-corrected chi connectivity index (χ3v) is 4.94. The summed E-state index contributed by atoms with van der Waals surface area (Å²) in [6.07, 6.45) is 4.24. The largest absolute Gasteiger partial charge is 0.494 e. The summed E-state index contributed by atoms with van der Waals surface area (Å²) in [4.78, 5) is 0. The fraction of sp³-hybridized carbons (Fsp3) is 0.280. The zero-order valence-corrected chi connectivity index (χ0v) is 16.8. The van der Waals surface area contributed by atoms with Gasteiger partial charge in [-0.2, -0.15) is 0 Å². The van der Waals surface area contributed by atoms with Crippen LogP contribution >= 0.6 is 0 Å². The molecule has 3 rings (SSSR count). The van der Waals surface area contributed by atoms with Gasteiger partial charge in [0, 0.05) is 16.5 Å². The maximum absolute atomic E-state index is 14.9. The zero-order chi connectivity index (χ0) is 20.8. The lowest BCUT2D eigenvalue weighted by atomic mass is 10.0. The number of benzene rings is 3. The molecule has 0 aliphatic heterocycles. The lowest BCUT2D eigenvalue weighted by molar-refractivity contribution is 0.340. The standard InChI is InChI=1S/C25H25F3O/c1-3-5-6-7-17-8-10-18(11-9-17)23(26)25(28)22-14-12-19-16-20(29-4-2)13-15-21(19)24(22)27/h8-16H,3-7H2,1-2H3. The van der Waals surface area contributed by atoms with Crippen molar-refractivity contribution in [1.82, 2.24) is 0 Å². The number of rotatable bonds is 8. The van der Waals surface area contributed by atoms with Crippen LogP contribution in [0.1, 0.15) is 49.8 Å². The van der Waals surface area contributed by atoms with Gasteiger partial charge in [0.05, 0.1) is 6.61 Å². The number of unbranched alkanes of at least 4 members (excludes halogenated alkanes) is 2. The van der Waals surface area contributed by atoms with Crippen LogP contribution < -0.4 is 4.74 Å². The average molecular weight is 398 g/mol. The molecule has 0 saturated heterocycles. The van der Waals surface area contributed by atoms with Gasteiger partial charge in [0.2, 0.25) is 0 Å². The molecule has 0 heterocycles. The van der Waals surface area contributed by atoms with E-state index < -0.39 is 17.5 Å². The Hall–Kier alpha value is -2.75. The summed E-state index contributed by atoms with van der Waals surface area (Å²) in [6.45, 7) is 4.48. The molecule has 0 aliphatic carbocycles. The van der Waals surface area contributed by atoms with Crippen molar-refractivity contribution in [3.63, 3.8) is 0 Å². The molecule has 3 aromatic carbocycles. The number of aryl methyl sites for hydroxylation is 1. The van der Waals surface area contributed by atoms with Crippen molar-refractivity contribution < 1.29 is 17.9 Å². The minimum absolute atomic E-state index is 0.105. The first kappa shape index (κ1) is 21.0. The van der Waals surface area contributed by atoms with Crippen LogP contribution in [0, 0.1) is 5.82 Å². The van der Waals surface area contributed by atoms with Crippen LogP contribution in [0.5, 0.6) is 5.75 Å². The van der Waals surface area contributed by atoms with Crippen LogP contribution in [0.2, 0.25) is 0 Å². The topological polar surface area (TPSA) is 9.23 Å². The monoisotopic (exact) mass is 398 g/mol. The van der Waals surface area contributed by atoms with Gasteiger partial charge < -0.3 is 4.74 Å². The molecule has 0 spiro atoms. The third kappa shape index (κ3) is 4.81. The average Bonchev–Trinajstić information content (AvgIpc) is 2.74. The highest BCUT2D eigenvalue weighted by Gasteiger charge is 2.17. The van der Waals surface area contributed by atoms with Crippen molar-refractivity contribution in [1.29, 1.82) is 0 Å². The molecule has 1 nitrogen and oxygen atoms in total. The number of halogens is 3. The van der Waals surface area contributed by atoms with Crippen molar-refractivity contribution >= 4 is 22.4 Å². The van der Waals surface area contributed by atoms with E-state index in [1.165, 1.54) is 12.1 Å². The third-order valence-electron chi connectivity index (χ3n) is 4.94. The van der Waals surface area contributed by atoms with Crippen LogP contribution in [-0.2, 0) is 6.42 Å². The molecule has 0 unspecified atom stereocenters. The second kappa shape index (κ2) is 9.64. The van der Waals surface area contributed by atoms with Crippen LogP contribution in [0.15, 0.2) is 54.6 Å². The van der Waals surface area contributed by atoms with Crippen molar-refractivity contribution in [2.45, 2.75) is 39.5 Å². The van der Waals surface area contributed by atoms with E-state index in [0.717, 1.165) is 31.2 Å². The van der Waals surface area contributed by atoms with Crippen LogP contribution in [0.4, 0.5) is 13.2 Å². The van der Waals surface area contributed by atoms with Crippen molar-refractivity contribution in [3.05, 3.63) is 77.1 Å².